The Morgan fingerprint density at radius 1 is 1.07 bits per heavy atom. The molecule has 0 aliphatic carbocycles. The van der Waals surface area contributed by atoms with Crippen molar-refractivity contribution >= 4 is 69.2 Å². The lowest BCUT2D eigenvalue weighted by molar-refractivity contribution is -0.115. The van der Waals surface area contributed by atoms with E-state index in [-0.39, 0.29) is 5.11 Å². The van der Waals surface area contributed by atoms with E-state index in [9.17, 15) is 9.59 Å². The molecule has 0 spiro atoms. The van der Waals surface area contributed by atoms with Gasteiger partial charge in [-0.2, -0.15) is 0 Å². The molecule has 0 radical (unpaired) electrons. The van der Waals surface area contributed by atoms with Gasteiger partial charge in [0.2, 0.25) is 5.91 Å². The van der Waals surface area contributed by atoms with Crippen LogP contribution in [0.2, 0.25) is 10.0 Å². The maximum absolute atomic E-state index is 12.0. The van der Waals surface area contributed by atoms with Crippen LogP contribution in [0.1, 0.15) is 5.56 Å². The molecule has 0 fully saturated rings. The largest absolute Gasteiger partial charge is 0.423 e. The number of carbonyl (C=O) groups is 1. The van der Waals surface area contributed by atoms with Gasteiger partial charge in [-0.15, -0.1) is 0 Å². The molecule has 0 aliphatic heterocycles. The Balaban J connectivity index is 1.63. The summed E-state index contributed by atoms with van der Waals surface area (Å²) < 4.78 is 5.06. The summed E-state index contributed by atoms with van der Waals surface area (Å²) in [6.07, 6.45) is 2.88. The molecule has 0 saturated heterocycles. The van der Waals surface area contributed by atoms with E-state index < -0.39 is 11.5 Å². The normalized spacial score (nSPS) is 10.9. The summed E-state index contributed by atoms with van der Waals surface area (Å²) in [6, 6.07) is 13.0. The molecule has 1 heterocycles. The second-order valence-corrected chi connectivity index (χ2v) is 6.70. The summed E-state index contributed by atoms with van der Waals surface area (Å²) in [6.45, 7) is 0. The zero-order valence-electron chi connectivity index (χ0n) is 13.7. The summed E-state index contributed by atoms with van der Waals surface area (Å²) in [5.41, 5.74) is 1.35. The predicted molar refractivity (Wildman–Crippen MR) is 112 cm³/mol. The Hall–Kier alpha value is -2.67. The van der Waals surface area contributed by atoms with Gasteiger partial charge in [0.15, 0.2) is 5.11 Å². The molecule has 3 rings (SSSR count). The molecule has 0 saturated carbocycles. The molecule has 0 unspecified atom stereocenters. The molecule has 136 valence electrons. The van der Waals surface area contributed by atoms with Crippen molar-refractivity contribution in [2.75, 3.05) is 5.32 Å². The zero-order valence-corrected chi connectivity index (χ0v) is 16.0. The fourth-order valence-electron chi connectivity index (χ4n) is 2.27. The summed E-state index contributed by atoms with van der Waals surface area (Å²) in [7, 11) is 0. The average molecular weight is 419 g/mol. The second-order valence-electron chi connectivity index (χ2n) is 5.45. The van der Waals surface area contributed by atoms with Crippen molar-refractivity contribution in [3.8, 4) is 0 Å². The van der Waals surface area contributed by atoms with Crippen LogP contribution in [0.25, 0.3) is 17.0 Å². The summed E-state index contributed by atoms with van der Waals surface area (Å²) >= 11 is 17.0. The highest BCUT2D eigenvalue weighted by Gasteiger charge is 2.05. The molecule has 2 aromatic carbocycles. The SMILES string of the molecule is O=C(/C=C/c1ccc(Cl)cc1Cl)NC(=S)Nc1ccc2oc(=O)ccc2c1. The van der Waals surface area contributed by atoms with Crippen LogP contribution in [-0.2, 0) is 4.79 Å². The fraction of sp³-hybridized carbons (Fsp3) is 0. The van der Waals surface area contributed by atoms with Gasteiger partial charge in [-0.1, -0.05) is 29.3 Å². The highest BCUT2D eigenvalue weighted by molar-refractivity contribution is 7.80. The lowest BCUT2D eigenvalue weighted by Gasteiger charge is -2.08. The molecule has 27 heavy (non-hydrogen) atoms. The van der Waals surface area contributed by atoms with Crippen LogP contribution >= 0.6 is 35.4 Å². The lowest BCUT2D eigenvalue weighted by atomic mass is 10.2. The van der Waals surface area contributed by atoms with E-state index in [2.05, 4.69) is 10.6 Å². The van der Waals surface area contributed by atoms with Crippen molar-refractivity contribution in [1.29, 1.82) is 0 Å². The number of amides is 1. The molecule has 0 aliphatic rings. The number of anilines is 1. The van der Waals surface area contributed by atoms with Crippen molar-refractivity contribution < 1.29 is 9.21 Å². The maximum atomic E-state index is 12.0. The monoisotopic (exact) mass is 418 g/mol. The molecule has 5 nitrogen and oxygen atoms in total. The fourth-order valence-corrected chi connectivity index (χ4v) is 2.96. The number of thiocarbonyl (C=S) groups is 1. The standard InChI is InChI=1S/C19H12Cl2N2O3S/c20-13-4-1-11(15(21)10-13)2-7-17(24)23-19(27)22-14-5-6-16-12(9-14)3-8-18(25)26-16/h1-10H,(H2,22,23,24,27)/b7-2+. The maximum Gasteiger partial charge on any atom is 0.336 e. The van der Waals surface area contributed by atoms with Gasteiger partial charge < -0.3 is 9.73 Å². The third-order valence-corrected chi connectivity index (χ3v) is 4.26. The van der Waals surface area contributed by atoms with Gasteiger partial charge in [0.1, 0.15) is 5.58 Å². The van der Waals surface area contributed by atoms with Crippen LogP contribution in [-0.4, -0.2) is 11.0 Å². The number of hydrogen-bond donors (Lipinski definition) is 2. The minimum atomic E-state index is -0.418. The Labute approximate surface area is 169 Å². The summed E-state index contributed by atoms with van der Waals surface area (Å²) in [5, 5.41) is 7.25. The number of halogens is 2. The van der Waals surface area contributed by atoms with Crippen molar-refractivity contribution in [3.63, 3.8) is 0 Å². The van der Waals surface area contributed by atoms with E-state index in [1.54, 1.807) is 48.5 Å². The van der Waals surface area contributed by atoms with Crippen LogP contribution in [0, 0.1) is 0 Å². The third kappa shape index (κ3) is 5.17. The number of rotatable bonds is 3. The van der Waals surface area contributed by atoms with Gasteiger partial charge in [-0.25, -0.2) is 4.79 Å². The Kier molecular flexibility index (Phi) is 5.91. The predicted octanol–water partition coefficient (Wildman–Crippen LogP) is 4.63. The van der Waals surface area contributed by atoms with Crippen molar-refractivity contribution in [3.05, 3.63) is 80.6 Å². The second kappa shape index (κ2) is 8.35. The number of fused-ring (bicyclic) bond motifs is 1. The zero-order chi connectivity index (χ0) is 19.4. The van der Waals surface area contributed by atoms with Gasteiger partial charge in [0.05, 0.1) is 0 Å². The number of benzene rings is 2. The first kappa shape index (κ1) is 19.1. The highest BCUT2D eigenvalue weighted by atomic mass is 35.5. The third-order valence-electron chi connectivity index (χ3n) is 3.49. The number of hydrogen-bond acceptors (Lipinski definition) is 4. The minimum Gasteiger partial charge on any atom is -0.423 e. The Bertz CT molecular complexity index is 1130. The van der Waals surface area contributed by atoms with Crippen LogP contribution in [0.3, 0.4) is 0 Å². The average Bonchev–Trinajstić information content (AvgIpc) is 2.61. The first-order valence-corrected chi connectivity index (χ1v) is 8.86. The molecule has 1 aromatic heterocycles. The molecular formula is C19H12Cl2N2O3S. The van der Waals surface area contributed by atoms with E-state index in [0.29, 0.717) is 26.9 Å². The molecular weight excluding hydrogens is 407 g/mol. The Morgan fingerprint density at radius 3 is 2.67 bits per heavy atom. The van der Waals surface area contributed by atoms with Crippen LogP contribution < -0.4 is 16.3 Å². The number of carbonyl (C=O) groups excluding carboxylic acids is 1. The van der Waals surface area contributed by atoms with Crippen molar-refractivity contribution in [2.24, 2.45) is 0 Å². The summed E-state index contributed by atoms with van der Waals surface area (Å²) in [5.74, 6) is -0.412. The van der Waals surface area contributed by atoms with Crippen LogP contribution in [0.4, 0.5) is 5.69 Å². The molecule has 0 bridgehead atoms. The first-order valence-electron chi connectivity index (χ1n) is 7.70. The van der Waals surface area contributed by atoms with E-state index in [0.717, 1.165) is 5.39 Å². The highest BCUT2D eigenvalue weighted by Crippen LogP contribution is 2.22. The van der Waals surface area contributed by atoms with Crippen molar-refractivity contribution in [1.82, 2.24) is 5.32 Å². The smallest absolute Gasteiger partial charge is 0.336 e. The quantitative estimate of drug-likeness (QED) is 0.368. The molecule has 3 aromatic rings. The van der Waals surface area contributed by atoms with E-state index >= 15 is 0 Å². The van der Waals surface area contributed by atoms with Gasteiger partial charge in [0.25, 0.3) is 0 Å². The molecule has 2 N–H and O–H groups in total. The Morgan fingerprint density at radius 2 is 1.89 bits per heavy atom. The first-order chi connectivity index (χ1) is 12.9. The van der Waals surface area contributed by atoms with E-state index in [1.807, 2.05) is 0 Å². The minimum absolute atomic E-state index is 0.128. The molecule has 8 heteroatoms. The topological polar surface area (TPSA) is 71.3 Å². The van der Waals surface area contributed by atoms with Gasteiger partial charge in [-0.05, 0) is 60.3 Å². The van der Waals surface area contributed by atoms with Gasteiger partial charge >= 0.3 is 5.63 Å². The van der Waals surface area contributed by atoms with Crippen molar-refractivity contribution in [2.45, 2.75) is 0 Å². The van der Waals surface area contributed by atoms with Gasteiger partial charge in [0, 0.05) is 33.3 Å². The molecule has 0 atom stereocenters. The van der Waals surface area contributed by atoms with E-state index in [4.69, 9.17) is 39.8 Å². The summed E-state index contributed by atoms with van der Waals surface area (Å²) in [4.78, 5) is 23.2. The lowest BCUT2D eigenvalue weighted by Crippen LogP contribution is -2.32. The number of nitrogens with one attached hydrogen (secondary N) is 2. The van der Waals surface area contributed by atoms with Crippen LogP contribution in [0.5, 0.6) is 0 Å². The molecule has 1 amide bonds. The van der Waals surface area contributed by atoms with Gasteiger partial charge in [-0.3, -0.25) is 10.1 Å². The van der Waals surface area contributed by atoms with E-state index in [1.165, 1.54) is 12.1 Å². The van der Waals surface area contributed by atoms with Crippen LogP contribution in [0.15, 0.2) is 63.8 Å².